The molecule has 120 valence electrons. The number of nitrogens with one attached hydrogen (secondary N) is 1. The van der Waals surface area contributed by atoms with Crippen molar-refractivity contribution in [2.45, 2.75) is 25.4 Å². The Kier molecular flexibility index (Phi) is 4.44. The number of carboxylic acid groups (broad SMARTS) is 1. The van der Waals surface area contributed by atoms with E-state index in [1.807, 2.05) is 0 Å². The van der Waals surface area contributed by atoms with Gasteiger partial charge in [-0.05, 0) is 30.0 Å². The molecule has 2 rings (SSSR count). The van der Waals surface area contributed by atoms with E-state index in [9.17, 15) is 22.8 Å². The van der Waals surface area contributed by atoms with E-state index in [4.69, 9.17) is 5.11 Å². The number of halogens is 3. The predicted molar refractivity (Wildman–Crippen MR) is 72.1 cm³/mol. The quantitative estimate of drug-likeness (QED) is 0.878. The van der Waals surface area contributed by atoms with Gasteiger partial charge in [0.2, 0.25) is 5.91 Å². The first kappa shape index (κ1) is 16.3. The van der Waals surface area contributed by atoms with Crippen molar-refractivity contribution in [3.05, 3.63) is 35.4 Å². The van der Waals surface area contributed by atoms with Crippen LogP contribution in [0.25, 0.3) is 0 Å². The highest BCUT2D eigenvalue weighted by molar-refractivity contribution is 5.83. The number of alkyl halides is 3. The van der Waals surface area contributed by atoms with Crippen LogP contribution in [0.3, 0.4) is 0 Å². The highest BCUT2D eigenvalue weighted by Crippen LogP contribution is 2.47. The molecule has 4 nitrogen and oxygen atoms in total. The number of hydrogen-bond acceptors (Lipinski definition) is 2. The van der Waals surface area contributed by atoms with Crippen LogP contribution >= 0.6 is 0 Å². The SMILES string of the molecule is C[C@H](CNC(=O)[C@@H]1C[C@@H]1c1ccc(C(F)(F)F)cc1)C(=O)O. The van der Waals surface area contributed by atoms with Crippen molar-refractivity contribution in [2.24, 2.45) is 11.8 Å². The number of aliphatic carboxylic acids is 1. The molecule has 0 bridgehead atoms. The zero-order valence-electron chi connectivity index (χ0n) is 11.9. The zero-order chi connectivity index (χ0) is 16.5. The second-order valence-electron chi connectivity index (χ2n) is 5.55. The van der Waals surface area contributed by atoms with E-state index in [1.165, 1.54) is 19.1 Å². The first-order valence-corrected chi connectivity index (χ1v) is 6.88. The number of carbonyl (C=O) groups is 2. The van der Waals surface area contributed by atoms with Crippen LogP contribution in [-0.4, -0.2) is 23.5 Å². The lowest BCUT2D eigenvalue weighted by atomic mass is 10.1. The molecule has 1 fully saturated rings. The van der Waals surface area contributed by atoms with Crippen molar-refractivity contribution in [3.8, 4) is 0 Å². The second kappa shape index (κ2) is 5.98. The molecule has 1 aromatic carbocycles. The van der Waals surface area contributed by atoms with Gasteiger partial charge in [-0.2, -0.15) is 13.2 Å². The van der Waals surface area contributed by atoms with Crippen LogP contribution in [0.15, 0.2) is 24.3 Å². The molecule has 0 saturated heterocycles. The Morgan fingerprint density at radius 3 is 2.41 bits per heavy atom. The van der Waals surface area contributed by atoms with Crippen LogP contribution in [0.2, 0.25) is 0 Å². The van der Waals surface area contributed by atoms with Gasteiger partial charge in [-0.15, -0.1) is 0 Å². The van der Waals surface area contributed by atoms with Gasteiger partial charge < -0.3 is 10.4 Å². The summed E-state index contributed by atoms with van der Waals surface area (Å²) in [6.45, 7) is 1.53. The molecular weight excluding hydrogens is 299 g/mol. The maximum Gasteiger partial charge on any atom is 0.416 e. The minimum absolute atomic E-state index is 0.0460. The van der Waals surface area contributed by atoms with Crippen molar-refractivity contribution in [3.63, 3.8) is 0 Å². The van der Waals surface area contributed by atoms with Gasteiger partial charge in [-0.3, -0.25) is 9.59 Å². The van der Waals surface area contributed by atoms with Crippen molar-refractivity contribution >= 4 is 11.9 Å². The molecule has 0 spiro atoms. The van der Waals surface area contributed by atoms with E-state index in [0.29, 0.717) is 12.0 Å². The molecule has 1 saturated carbocycles. The smallest absolute Gasteiger partial charge is 0.416 e. The number of amides is 1. The Hall–Kier alpha value is -2.05. The van der Waals surface area contributed by atoms with E-state index in [1.54, 1.807) is 0 Å². The molecule has 3 atom stereocenters. The Labute approximate surface area is 125 Å². The van der Waals surface area contributed by atoms with E-state index in [2.05, 4.69) is 5.32 Å². The number of benzene rings is 1. The minimum Gasteiger partial charge on any atom is -0.481 e. The van der Waals surface area contributed by atoms with E-state index >= 15 is 0 Å². The maximum atomic E-state index is 12.5. The summed E-state index contributed by atoms with van der Waals surface area (Å²) in [5.41, 5.74) is -0.0207. The lowest BCUT2D eigenvalue weighted by molar-refractivity contribution is -0.141. The standard InChI is InChI=1S/C15H16F3NO3/c1-8(14(21)22)7-19-13(20)12-6-11(12)9-2-4-10(5-3-9)15(16,17)18/h2-5,8,11-12H,6-7H2,1H3,(H,19,20)(H,21,22)/t8-,11-,12-/m1/s1. The number of carbonyl (C=O) groups excluding carboxylic acids is 1. The minimum atomic E-state index is -4.37. The lowest BCUT2D eigenvalue weighted by Crippen LogP contribution is -2.32. The fourth-order valence-corrected chi connectivity index (χ4v) is 2.24. The molecule has 1 amide bonds. The Morgan fingerprint density at radius 1 is 1.32 bits per heavy atom. The summed E-state index contributed by atoms with van der Waals surface area (Å²) in [4.78, 5) is 22.5. The van der Waals surface area contributed by atoms with Crippen molar-refractivity contribution < 1.29 is 27.9 Å². The number of hydrogen-bond donors (Lipinski definition) is 2. The van der Waals surface area contributed by atoms with Crippen LogP contribution in [0, 0.1) is 11.8 Å². The van der Waals surface area contributed by atoms with Crippen molar-refractivity contribution in [1.82, 2.24) is 5.32 Å². The van der Waals surface area contributed by atoms with Gasteiger partial charge in [0.15, 0.2) is 0 Å². The third kappa shape index (κ3) is 3.78. The average Bonchev–Trinajstić information content (AvgIpc) is 3.24. The fourth-order valence-electron chi connectivity index (χ4n) is 2.24. The molecule has 0 aromatic heterocycles. The molecule has 0 heterocycles. The van der Waals surface area contributed by atoms with Gasteiger partial charge in [-0.25, -0.2) is 0 Å². The summed E-state index contributed by atoms with van der Waals surface area (Å²) >= 11 is 0. The Balaban J connectivity index is 1.89. The predicted octanol–water partition coefficient (Wildman–Crippen LogP) is 2.65. The molecule has 1 aromatic rings. The highest BCUT2D eigenvalue weighted by atomic mass is 19.4. The van der Waals surface area contributed by atoms with Gasteiger partial charge in [0.25, 0.3) is 0 Å². The monoisotopic (exact) mass is 315 g/mol. The van der Waals surface area contributed by atoms with Crippen LogP contribution in [0.1, 0.15) is 30.4 Å². The molecule has 7 heteroatoms. The number of carboxylic acids is 1. The number of rotatable bonds is 5. The first-order chi connectivity index (χ1) is 10.2. The lowest BCUT2D eigenvalue weighted by Gasteiger charge is -2.09. The molecule has 0 radical (unpaired) electrons. The van der Waals surface area contributed by atoms with Gasteiger partial charge in [0.05, 0.1) is 11.5 Å². The molecular formula is C15H16F3NO3. The molecule has 2 N–H and O–H groups in total. The van der Waals surface area contributed by atoms with Gasteiger partial charge in [-0.1, -0.05) is 19.1 Å². The summed E-state index contributed by atoms with van der Waals surface area (Å²) < 4.78 is 37.4. The Morgan fingerprint density at radius 2 is 1.91 bits per heavy atom. The zero-order valence-corrected chi connectivity index (χ0v) is 11.9. The van der Waals surface area contributed by atoms with Crippen LogP contribution in [-0.2, 0) is 15.8 Å². The Bertz CT molecular complexity index is 568. The van der Waals surface area contributed by atoms with E-state index < -0.39 is 23.6 Å². The van der Waals surface area contributed by atoms with Crippen LogP contribution in [0.4, 0.5) is 13.2 Å². The normalized spacial score (nSPS) is 22.0. The third-order valence-corrected chi connectivity index (χ3v) is 3.80. The van der Waals surface area contributed by atoms with Gasteiger partial charge in [0.1, 0.15) is 0 Å². The average molecular weight is 315 g/mol. The second-order valence-corrected chi connectivity index (χ2v) is 5.55. The third-order valence-electron chi connectivity index (χ3n) is 3.80. The van der Waals surface area contributed by atoms with E-state index in [0.717, 1.165) is 12.1 Å². The molecule has 22 heavy (non-hydrogen) atoms. The van der Waals surface area contributed by atoms with Crippen molar-refractivity contribution in [2.75, 3.05) is 6.54 Å². The van der Waals surface area contributed by atoms with Crippen LogP contribution in [0.5, 0.6) is 0 Å². The first-order valence-electron chi connectivity index (χ1n) is 6.88. The van der Waals surface area contributed by atoms with E-state index in [-0.39, 0.29) is 24.3 Å². The summed E-state index contributed by atoms with van der Waals surface area (Å²) in [6, 6.07) is 4.80. The molecule has 1 aliphatic rings. The topological polar surface area (TPSA) is 66.4 Å². The summed E-state index contributed by atoms with van der Waals surface area (Å²) in [5.74, 6) is -2.30. The van der Waals surface area contributed by atoms with Gasteiger partial charge in [0, 0.05) is 12.5 Å². The van der Waals surface area contributed by atoms with Gasteiger partial charge >= 0.3 is 12.1 Å². The summed E-state index contributed by atoms with van der Waals surface area (Å²) in [5, 5.41) is 11.3. The van der Waals surface area contributed by atoms with Crippen LogP contribution < -0.4 is 5.32 Å². The highest BCUT2D eigenvalue weighted by Gasteiger charge is 2.44. The fraction of sp³-hybridized carbons (Fsp3) is 0.467. The van der Waals surface area contributed by atoms with Crippen molar-refractivity contribution in [1.29, 1.82) is 0 Å². The summed E-state index contributed by atoms with van der Waals surface area (Å²) in [6.07, 6.45) is -3.80. The summed E-state index contributed by atoms with van der Waals surface area (Å²) in [7, 11) is 0. The molecule has 0 aliphatic heterocycles. The largest absolute Gasteiger partial charge is 0.481 e. The maximum absolute atomic E-state index is 12.5. The molecule has 1 aliphatic carbocycles. The molecule has 0 unspecified atom stereocenters.